The van der Waals surface area contributed by atoms with Crippen molar-refractivity contribution in [3.8, 4) is 5.75 Å². The van der Waals surface area contributed by atoms with E-state index < -0.39 is 11.8 Å². The third-order valence-electron chi connectivity index (χ3n) is 2.56. The van der Waals surface area contributed by atoms with Crippen LogP contribution < -0.4 is 4.74 Å². The van der Waals surface area contributed by atoms with Gasteiger partial charge in [0.2, 0.25) is 0 Å². The smallest absolute Gasteiger partial charge is 0.328 e. The molecule has 21 heavy (non-hydrogen) atoms. The number of aliphatic carboxylic acids is 1. The molecule has 108 valence electrons. The van der Waals surface area contributed by atoms with Crippen LogP contribution in [0.15, 0.2) is 42.6 Å². The average Bonchev–Trinajstić information content (AvgIpc) is 2.47. The van der Waals surface area contributed by atoms with E-state index in [0.717, 1.165) is 6.08 Å². The maximum absolute atomic E-state index is 13.5. The maximum Gasteiger partial charge on any atom is 0.328 e. The van der Waals surface area contributed by atoms with Gasteiger partial charge in [-0.15, -0.1) is 0 Å². The number of nitrogens with zero attached hydrogens (tertiary/aromatic N) is 1. The Morgan fingerprint density at radius 2 is 2.19 bits per heavy atom. The Morgan fingerprint density at radius 3 is 2.86 bits per heavy atom. The zero-order chi connectivity index (χ0) is 15.2. The fourth-order valence-electron chi connectivity index (χ4n) is 1.55. The molecule has 0 aliphatic rings. The summed E-state index contributed by atoms with van der Waals surface area (Å²) in [6.07, 6.45) is 3.79. The number of halogens is 2. The minimum Gasteiger partial charge on any atom is -0.487 e. The zero-order valence-electron chi connectivity index (χ0n) is 10.8. The fraction of sp³-hybridized carbons (Fsp3) is 0.0667. The molecule has 1 heterocycles. The predicted molar refractivity (Wildman–Crippen MR) is 76.6 cm³/mol. The van der Waals surface area contributed by atoms with Gasteiger partial charge >= 0.3 is 5.97 Å². The molecule has 2 aromatic rings. The molecular formula is C15H11ClFNO3. The summed E-state index contributed by atoms with van der Waals surface area (Å²) in [6.45, 7) is 0.0262. The fourth-order valence-corrected chi connectivity index (χ4v) is 1.74. The summed E-state index contributed by atoms with van der Waals surface area (Å²) in [4.78, 5) is 14.4. The predicted octanol–water partition coefficient (Wildman–Crippen LogP) is 3.55. The molecule has 0 aliphatic carbocycles. The summed E-state index contributed by atoms with van der Waals surface area (Å²) in [5, 5.41) is 8.94. The first kappa shape index (κ1) is 15.0. The summed E-state index contributed by atoms with van der Waals surface area (Å²) >= 11 is 5.79. The first-order chi connectivity index (χ1) is 10.0. The molecule has 1 N–H and O–H groups in total. The van der Waals surface area contributed by atoms with Gasteiger partial charge in [0.25, 0.3) is 0 Å². The van der Waals surface area contributed by atoms with Crippen molar-refractivity contribution in [2.24, 2.45) is 0 Å². The highest BCUT2D eigenvalue weighted by molar-refractivity contribution is 6.30. The monoisotopic (exact) mass is 307 g/mol. The van der Waals surface area contributed by atoms with E-state index in [1.807, 2.05) is 0 Å². The van der Waals surface area contributed by atoms with Gasteiger partial charge in [-0.05, 0) is 36.4 Å². The molecule has 0 aliphatic heterocycles. The molecule has 1 aromatic carbocycles. The van der Waals surface area contributed by atoms with Gasteiger partial charge in [-0.25, -0.2) is 9.18 Å². The lowest BCUT2D eigenvalue weighted by molar-refractivity contribution is -0.131. The molecule has 0 fully saturated rings. The van der Waals surface area contributed by atoms with Crippen LogP contribution >= 0.6 is 11.6 Å². The number of carbonyl (C=O) groups is 1. The van der Waals surface area contributed by atoms with Crippen molar-refractivity contribution in [2.75, 3.05) is 0 Å². The van der Waals surface area contributed by atoms with Crippen molar-refractivity contribution < 1.29 is 19.0 Å². The molecule has 0 atom stereocenters. The van der Waals surface area contributed by atoms with Gasteiger partial charge in [-0.3, -0.25) is 4.98 Å². The summed E-state index contributed by atoms with van der Waals surface area (Å²) in [7, 11) is 0. The summed E-state index contributed by atoms with van der Waals surface area (Å²) < 4.78 is 18.9. The molecule has 1 aromatic heterocycles. The number of benzene rings is 1. The summed E-state index contributed by atoms with van der Waals surface area (Å²) in [5.41, 5.74) is 0.830. The summed E-state index contributed by atoms with van der Waals surface area (Å²) in [5.74, 6) is -0.997. The average molecular weight is 308 g/mol. The second-order valence-electron chi connectivity index (χ2n) is 4.11. The van der Waals surface area contributed by atoms with Crippen LogP contribution in [0.4, 0.5) is 4.39 Å². The van der Waals surface area contributed by atoms with Gasteiger partial charge in [0.15, 0.2) is 0 Å². The minimum absolute atomic E-state index is 0.0262. The highest BCUT2D eigenvalue weighted by Gasteiger charge is 2.04. The zero-order valence-corrected chi connectivity index (χ0v) is 11.5. The number of hydrogen-bond acceptors (Lipinski definition) is 3. The minimum atomic E-state index is -1.05. The molecule has 0 spiro atoms. The van der Waals surface area contributed by atoms with Gasteiger partial charge in [0, 0.05) is 16.7 Å². The first-order valence-electron chi connectivity index (χ1n) is 5.98. The quantitative estimate of drug-likeness (QED) is 0.858. The molecule has 0 bridgehead atoms. The molecule has 6 heteroatoms. The van der Waals surface area contributed by atoms with Crippen molar-refractivity contribution in [1.82, 2.24) is 4.98 Å². The Bertz CT molecular complexity index is 671. The SMILES string of the molecule is O=C(O)/C=C/c1ccc(OCc2cc(Cl)ccc2F)cn1. The number of rotatable bonds is 5. The van der Waals surface area contributed by atoms with Gasteiger partial charge in [-0.1, -0.05) is 11.6 Å². The maximum atomic E-state index is 13.5. The number of carboxylic acid groups (broad SMARTS) is 1. The lowest BCUT2D eigenvalue weighted by Gasteiger charge is -2.07. The van der Waals surface area contributed by atoms with E-state index in [0.29, 0.717) is 22.0 Å². The van der Waals surface area contributed by atoms with E-state index in [-0.39, 0.29) is 6.61 Å². The van der Waals surface area contributed by atoms with Crippen molar-refractivity contribution in [1.29, 1.82) is 0 Å². The van der Waals surface area contributed by atoms with Gasteiger partial charge < -0.3 is 9.84 Å². The van der Waals surface area contributed by atoms with Crippen molar-refractivity contribution >= 4 is 23.6 Å². The van der Waals surface area contributed by atoms with E-state index in [2.05, 4.69) is 4.98 Å². The van der Waals surface area contributed by atoms with E-state index >= 15 is 0 Å². The third-order valence-corrected chi connectivity index (χ3v) is 2.79. The topological polar surface area (TPSA) is 59.4 Å². The third kappa shape index (κ3) is 4.57. The molecule has 0 radical (unpaired) electrons. The Labute approximate surface area is 125 Å². The number of carboxylic acids is 1. The molecular weight excluding hydrogens is 297 g/mol. The van der Waals surface area contributed by atoms with Crippen LogP contribution in [0.3, 0.4) is 0 Å². The number of pyridine rings is 1. The Hall–Kier alpha value is -2.40. The van der Waals surface area contributed by atoms with E-state index in [1.165, 1.54) is 30.5 Å². The standard InChI is InChI=1S/C15H11ClFNO3/c16-11-1-5-14(17)10(7-11)9-21-13-4-2-12(18-8-13)3-6-15(19)20/h1-8H,9H2,(H,19,20)/b6-3+. The van der Waals surface area contributed by atoms with Crippen LogP contribution in [-0.4, -0.2) is 16.1 Å². The van der Waals surface area contributed by atoms with Crippen LogP contribution in [0, 0.1) is 5.82 Å². The van der Waals surface area contributed by atoms with Crippen molar-refractivity contribution in [2.45, 2.75) is 6.61 Å². The first-order valence-corrected chi connectivity index (χ1v) is 6.36. The van der Waals surface area contributed by atoms with Crippen LogP contribution in [0.5, 0.6) is 5.75 Å². The van der Waals surface area contributed by atoms with Gasteiger partial charge in [0.1, 0.15) is 18.2 Å². The summed E-state index contributed by atoms with van der Waals surface area (Å²) in [6, 6.07) is 7.46. The Morgan fingerprint density at radius 1 is 1.38 bits per heavy atom. The van der Waals surface area contributed by atoms with Crippen LogP contribution in [0.2, 0.25) is 5.02 Å². The van der Waals surface area contributed by atoms with E-state index in [9.17, 15) is 9.18 Å². The molecule has 0 amide bonds. The second kappa shape index (κ2) is 6.85. The highest BCUT2D eigenvalue weighted by Crippen LogP contribution is 2.18. The van der Waals surface area contributed by atoms with Gasteiger partial charge in [-0.2, -0.15) is 0 Å². The molecule has 0 saturated heterocycles. The molecule has 2 rings (SSSR count). The normalized spacial score (nSPS) is 10.8. The lowest BCUT2D eigenvalue weighted by atomic mass is 10.2. The second-order valence-corrected chi connectivity index (χ2v) is 4.55. The van der Waals surface area contributed by atoms with E-state index in [4.69, 9.17) is 21.4 Å². The van der Waals surface area contributed by atoms with Crippen LogP contribution in [0.25, 0.3) is 6.08 Å². The number of hydrogen-bond donors (Lipinski definition) is 1. The van der Waals surface area contributed by atoms with Crippen molar-refractivity contribution in [3.63, 3.8) is 0 Å². The molecule has 0 unspecified atom stereocenters. The number of ether oxygens (including phenoxy) is 1. The lowest BCUT2D eigenvalue weighted by Crippen LogP contribution is -1.99. The molecule has 4 nitrogen and oxygen atoms in total. The molecule has 0 saturated carbocycles. The largest absolute Gasteiger partial charge is 0.487 e. The number of aromatic nitrogens is 1. The van der Waals surface area contributed by atoms with E-state index in [1.54, 1.807) is 12.1 Å². The van der Waals surface area contributed by atoms with Crippen LogP contribution in [0.1, 0.15) is 11.3 Å². The highest BCUT2D eigenvalue weighted by atomic mass is 35.5. The Kier molecular flexibility index (Phi) is 4.90. The Balaban J connectivity index is 2.00. The van der Waals surface area contributed by atoms with Gasteiger partial charge in [0.05, 0.1) is 11.9 Å². The van der Waals surface area contributed by atoms with Crippen molar-refractivity contribution in [3.05, 3.63) is 64.7 Å². The van der Waals surface area contributed by atoms with Crippen LogP contribution in [-0.2, 0) is 11.4 Å².